The zero-order valence-corrected chi connectivity index (χ0v) is 17.0. The predicted octanol–water partition coefficient (Wildman–Crippen LogP) is 2.91. The molecule has 0 bridgehead atoms. The summed E-state index contributed by atoms with van der Waals surface area (Å²) in [4.78, 5) is 18.9. The van der Waals surface area contributed by atoms with E-state index in [4.69, 9.17) is 0 Å². The fourth-order valence-corrected chi connectivity index (χ4v) is 4.23. The van der Waals surface area contributed by atoms with Gasteiger partial charge in [0.1, 0.15) is 0 Å². The average molecular weight is 395 g/mol. The number of carbonyl (C=O) groups excluding carboxylic acids is 1. The summed E-state index contributed by atoms with van der Waals surface area (Å²) >= 11 is 0. The molecule has 1 N–H and O–H groups in total. The van der Waals surface area contributed by atoms with Gasteiger partial charge in [0, 0.05) is 45.3 Å². The highest BCUT2D eigenvalue weighted by Crippen LogP contribution is 2.19. The molecule has 5 nitrogen and oxygen atoms in total. The summed E-state index contributed by atoms with van der Waals surface area (Å²) in [5.41, 5.74) is 0.780. The van der Waals surface area contributed by atoms with Crippen LogP contribution in [0.25, 0.3) is 0 Å². The Kier molecular flexibility index (Phi) is 7.24. The molecule has 2 aliphatic heterocycles. The molecule has 0 atom stereocenters. The summed E-state index contributed by atoms with van der Waals surface area (Å²) in [5.74, 6) is -0.927. The monoisotopic (exact) mass is 394 g/mol. The molecule has 3 rings (SSSR count). The Bertz CT molecular complexity index is 654. The van der Waals surface area contributed by atoms with E-state index in [9.17, 15) is 13.6 Å². The molecule has 2 saturated heterocycles. The molecule has 1 aromatic rings. The first-order valence-electron chi connectivity index (χ1n) is 10.3. The van der Waals surface area contributed by atoms with Crippen molar-refractivity contribution in [3.05, 3.63) is 35.4 Å². The van der Waals surface area contributed by atoms with Crippen LogP contribution in [0, 0.1) is 17.6 Å². The maximum absolute atomic E-state index is 13.4. The number of hydrogen-bond donors (Lipinski definition) is 1. The minimum Gasteiger partial charge on any atom is -0.335 e. The first kappa shape index (κ1) is 21.0. The Morgan fingerprint density at radius 3 is 2.36 bits per heavy atom. The summed E-state index contributed by atoms with van der Waals surface area (Å²) in [7, 11) is 4.19. The molecule has 7 heteroatoms. The van der Waals surface area contributed by atoms with E-state index >= 15 is 0 Å². The number of nitrogens with one attached hydrogen (secondary N) is 1. The lowest BCUT2D eigenvalue weighted by atomic mass is 9.96. The molecule has 2 amide bonds. The van der Waals surface area contributed by atoms with Crippen LogP contribution in [0.1, 0.15) is 31.2 Å². The van der Waals surface area contributed by atoms with E-state index in [2.05, 4.69) is 29.2 Å². The summed E-state index contributed by atoms with van der Waals surface area (Å²) in [6.07, 6.45) is 3.90. The van der Waals surface area contributed by atoms with Gasteiger partial charge in [0.25, 0.3) is 0 Å². The van der Waals surface area contributed by atoms with Gasteiger partial charge in [-0.1, -0.05) is 6.07 Å². The highest BCUT2D eigenvalue weighted by atomic mass is 19.2. The second kappa shape index (κ2) is 9.65. The molecule has 1 aromatic carbocycles. The fourth-order valence-electron chi connectivity index (χ4n) is 4.23. The highest BCUT2D eigenvalue weighted by molar-refractivity contribution is 5.74. The van der Waals surface area contributed by atoms with E-state index in [-0.39, 0.29) is 12.1 Å². The predicted molar refractivity (Wildman–Crippen MR) is 106 cm³/mol. The minimum atomic E-state index is -0.809. The standard InChI is InChI=1S/C21H32F2N4O/c1-25(2)14-16-5-11-27(12-6-16)21(28)24-18-7-9-26(10-8-18)15-17-3-4-19(22)20(23)13-17/h3-4,13,16,18H,5-12,14-15H2,1-2H3,(H,24,28). The Hall–Kier alpha value is -1.73. The van der Waals surface area contributed by atoms with Crippen LogP contribution < -0.4 is 5.32 Å². The number of urea groups is 1. The van der Waals surface area contributed by atoms with Crippen molar-refractivity contribution >= 4 is 6.03 Å². The van der Waals surface area contributed by atoms with Crippen LogP contribution in [0.15, 0.2) is 18.2 Å². The van der Waals surface area contributed by atoms with Gasteiger partial charge in [0.05, 0.1) is 0 Å². The number of likely N-dealkylation sites (tertiary alicyclic amines) is 2. The molecule has 2 aliphatic rings. The first-order chi connectivity index (χ1) is 13.4. The normalized spacial score (nSPS) is 20.0. The zero-order valence-electron chi connectivity index (χ0n) is 17.0. The van der Waals surface area contributed by atoms with Crippen LogP contribution in [0.5, 0.6) is 0 Å². The van der Waals surface area contributed by atoms with Gasteiger partial charge in [-0.3, -0.25) is 4.90 Å². The maximum Gasteiger partial charge on any atom is 0.317 e. The number of benzene rings is 1. The number of carbonyl (C=O) groups is 1. The van der Waals surface area contributed by atoms with Crippen LogP contribution in [-0.2, 0) is 6.54 Å². The number of nitrogens with zero attached hydrogens (tertiary/aromatic N) is 3. The highest BCUT2D eigenvalue weighted by Gasteiger charge is 2.26. The largest absolute Gasteiger partial charge is 0.335 e. The molecule has 0 spiro atoms. The fraction of sp³-hybridized carbons (Fsp3) is 0.667. The van der Waals surface area contributed by atoms with Crippen molar-refractivity contribution in [3.8, 4) is 0 Å². The molecule has 2 fully saturated rings. The molecule has 0 radical (unpaired) electrons. The van der Waals surface area contributed by atoms with Crippen LogP contribution in [0.4, 0.5) is 13.6 Å². The van der Waals surface area contributed by atoms with Gasteiger partial charge in [-0.2, -0.15) is 0 Å². The SMILES string of the molecule is CN(C)CC1CCN(C(=O)NC2CCN(Cc3ccc(F)c(F)c3)CC2)CC1. The van der Waals surface area contributed by atoms with Crippen molar-refractivity contribution < 1.29 is 13.6 Å². The molecular weight excluding hydrogens is 362 g/mol. The van der Waals surface area contributed by atoms with Crippen molar-refractivity contribution in [2.24, 2.45) is 5.92 Å². The Morgan fingerprint density at radius 2 is 1.75 bits per heavy atom. The van der Waals surface area contributed by atoms with Crippen molar-refractivity contribution in [2.75, 3.05) is 46.8 Å². The third-order valence-corrected chi connectivity index (χ3v) is 5.83. The molecule has 0 aromatic heterocycles. The number of piperidine rings is 2. The summed E-state index contributed by atoms with van der Waals surface area (Å²) in [6, 6.07) is 4.32. The average Bonchev–Trinajstić information content (AvgIpc) is 2.66. The van der Waals surface area contributed by atoms with Crippen molar-refractivity contribution in [2.45, 2.75) is 38.3 Å². The number of amides is 2. The van der Waals surface area contributed by atoms with Crippen molar-refractivity contribution in [1.82, 2.24) is 20.0 Å². The third-order valence-electron chi connectivity index (χ3n) is 5.83. The Morgan fingerprint density at radius 1 is 1.07 bits per heavy atom. The van der Waals surface area contributed by atoms with E-state index in [0.29, 0.717) is 12.5 Å². The minimum absolute atomic E-state index is 0.0577. The van der Waals surface area contributed by atoms with Gasteiger partial charge < -0.3 is 15.1 Å². The lowest BCUT2D eigenvalue weighted by Crippen LogP contribution is -2.51. The molecular formula is C21H32F2N4O. The third kappa shape index (κ3) is 5.88. The molecule has 28 heavy (non-hydrogen) atoms. The molecule has 0 unspecified atom stereocenters. The topological polar surface area (TPSA) is 38.8 Å². The van der Waals surface area contributed by atoms with Gasteiger partial charge in [0.2, 0.25) is 0 Å². The smallest absolute Gasteiger partial charge is 0.317 e. The van der Waals surface area contributed by atoms with Gasteiger partial charge in [-0.25, -0.2) is 13.6 Å². The number of halogens is 2. The molecule has 2 heterocycles. The molecule has 0 aliphatic carbocycles. The zero-order chi connectivity index (χ0) is 20.1. The molecule has 156 valence electrons. The van der Waals surface area contributed by atoms with Crippen LogP contribution in [-0.4, -0.2) is 73.6 Å². The van der Waals surface area contributed by atoms with E-state index < -0.39 is 11.6 Å². The van der Waals surface area contributed by atoms with Gasteiger partial charge in [-0.15, -0.1) is 0 Å². The van der Waals surface area contributed by atoms with Crippen molar-refractivity contribution in [3.63, 3.8) is 0 Å². The number of rotatable bonds is 5. The summed E-state index contributed by atoms with van der Waals surface area (Å²) < 4.78 is 26.4. The first-order valence-corrected chi connectivity index (χ1v) is 10.3. The maximum atomic E-state index is 13.4. The van der Waals surface area contributed by atoms with Gasteiger partial charge in [0.15, 0.2) is 11.6 Å². The van der Waals surface area contributed by atoms with E-state index in [1.165, 1.54) is 12.1 Å². The lowest BCUT2D eigenvalue weighted by molar-refractivity contribution is 0.146. The lowest BCUT2D eigenvalue weighted by Gasteiger charge is -2.36. The Labute approximate surface area is 166 Å². The van der Waals surface area contributed by atoms with Gasteiger partial charge in [-0.05, 0) is 63.4 Å². The summed E-state index contributed by atoms with van der Waals surface area (Å²) in [5, 5.41) is 3.19. The summed E-state index contributed by atoms with van der Waals surface area (Å²) in [6.45, 7) is 5.05. The second-order valence-electron chi connectivity index (χ2n) is 8.44. The number of hydrogen-bond acceptors (Lipinski definition) is 3. The van der Waals surface area contributed by atoms with Crippen LogP contribution >= 0.6 is 0 Å². The van der Waals surface area contributed by atoms with Crippen molar-refractivity contribution in [1.29, 1.82) is 0 Å². The molecule has 0 saturated carbocycles. The van der Waals surface area contributed by atoms with E-state index in [0.717, 1.165) is 64.0 Å². The van der Waals surface area contributed by atoms with Gasteiger partial charge >= 0.3 is 6.03 Å². The Balaban J connectivity index is 1.38. The quantitative estimate of drug-likeness (QED) is 0.835. The van der Waals surface area contributed by atoms with Crippen LogP contribution in [0.2, 0.25) is 0 Å². The van der Waals surface area contributed by atoms with Crippen LogP contribution in [0.3, 0.4) is 0 Å². The van der Waals surface area contributed by atoms with E-state index in [1.807, 2.05) is 4.90 Å². The van der Waals surface area contributed by atoms with E-state index in [1.54, 1.807) is 6.07 Å². The second-order valence-corrected chi connectivity index (χ2v) is 8.44.